The number of carbonyl (C=O) groups is 3. The predicted molar refractivity (Wildman–Crippen MR) is 288 cm³/mol. The lowest BCUT2D eigenvalue weighted by Gasteiger charge is -2.21. The molecule has 12 heteroatoms. The number of hydrogen-bond donors (Lipinski definition) is 2. The van der Waals surface area contributed by atoms with E-state index in [4.69, 9.17) is 23.3 Å². The van der Waals surface area contributed by atoms with E-state index in [1.807, 2.05) is 0 Å². The van der Waals surface area contributed by atoms with Crippen LogP contribution >= 0.6 is 7.82 Å². The number of carbonyl (C=O) groups excluding carboxylic acids is 3. The summed E-state index contributed by atoms with van der Waals surface area (Å²) in [7, 11) is -4.75. The van der Waals surface area contributed by atoms with Crippen molar-refractivity contribution in [1.82, 2.24) is 0 Å². The van der Waals surface area contributed by atoms with Gasteiger partial charge in [-0.15, -0.1) is 0 Å². The largest absolute Gasteiger partial charge is 0.472 e. The zero-order valence-corrected chi connectivity index (χ0v) is 45.6. The number of phosphoric ester groups is 1. The maximum absolute atomic E-state index is 12.9. The number of unbranched alkanes of at least 4 members (excludes halogenated alkanes) is 25. The Kier molecular flexibility index (Phi) is 50.4. The molecule has 2 N–H and O–H groups in total. The van der Waals surface area contributed by atoms with Crippen molar-refractivity contribution < 1.29 is 52.2 Å². The Morgan fingerprint density at radius 1 is 0.414 bits per heavy atom. The van der Waals surface area contributed by atoms with E-state index in [2.05, 4.69) is 81.5 Å². The zero-order valence-electron chi connectivity index (χ0n) is 44.7. The molecule has 3 atom stereocenters. The van der Waals surface area contributed by atoms with Gasteiger partial charge in [-0.2, -0.15) is 0 Å². The maximum Gasteiger partial charge on any atom is 0.472 e. The minimum absolute atomic E-state index is 0.156. The van der Waals surface area contributed by atoms with Crippen LogP contribution in [0, 0.1) is 0 Å². The van der Waals surface area contributed by atoms with Crippen molar-refractivity contribution in [3.8, 4) is 0 Å². The van der Waals surface area contributed by atoms with E-state index in [0.29, 0.717) is 19.3 Å². The second kappa shape index (κ2) is 52.5. The van der Waals surface area contributed by atoms with Gasteiger partial charge in [0.05, 0.1) is 19.8 Å². The highest BCUT2D eigenvalue weighted by Gasteiger charge is 2.28. The molecule has 0 aromatic heterocycles. The van der Waals surface area contributed by atoms with Crippen LogP contribution in [0.2, 0.25) is 0 Å². The lowest BCUT2D eigenvalue weighted by atomic mass is 10.1. The number of ether oxygens (including phenoxy) is 3. The van der Waals surface area contributed by atoms with Crippen molar-refractivity contribution >= 4 is 25.7 Å². The van der Waals surface area contributed by atoms with Crippen LogP contribution in [0.3, 0.4) is 0 Å². The van der Waals surface area contributed by atoms with Crippen LogP contribution in [-0.4, -0.2) is 66.5 Å². The lowest BCUT2D eigenvalue weighted by Crippen LogP contribution is -2.30. The smallest absolute Gasteiger partial charge is 0.462 e. The molecule has 0 amide bonds. The summed E-state index contributed by atoms with van der Waals surface area (Å²) in [6.45, 7) is 4.47. The van der Waals surface area contributed by atoms with Crippen molar-refractivity contribution in [1.29, 1.82) is 0 Å². The lowest BCUT2D eigenvalue weighted by molar-refractivity contribution is -0.161. The van der Waals surface area contributed by atoms with Crippen molar-refractivity contribution in [2.24, 2.45) is 0 Å². The fourth-order valence-corrected chi connectivity index (χ4v) is 8.42. The molecule has 0 radical (unpaired) electrons. The van der Waals surface area contributed by atoms with Crippen LogP contribution in [-0.2, 0) is 42.2 Å². The molecule has 0 aromatic carbocycles. The first-order valence-electron chi connectivity index (χ1n) is 28.2. The summed E-state index contributed by atoms with van der Waals surface area (Å²) < 4.78 is 39.4. The first-order chi connectivity index (χ1) is 34.2. The number of aliphatic hydroxyl groups is 1. The minimum atomic E-state index is -4.75. The molecule has 0 aliphatic heterocycles. The highest BCUT2D eigenvalue weighted by Crippen LogP contribution is 2.43. The Balaban J connectivity index is 4.74. The Morgan fingerprint density at radius 2 is 0.743 bits per heavy atom. The Morgan fingerprint density at radius 3 is 1.19 bits per heavy atom. The van der Waals surface area contributed by atoms with E-state index in [1.165, 1.54) is 103 Å². The van der Waals surface area contributed by atoms with Gasteiger partial charge in [0.25, 0.3) is 0 Å². The van der Waals surface area contributed by atoms with Gasteiger partial charge in [-0.1, -0.05) is 210 Å². The van der Waals surface area contributed by atoms with E-state index in [1.54, 1.807) is 0 Å². The first kappa shape index (κ1) is 67.2. The van der Waals surface area contributed by atoms with E-state index in [-0.39, 0.29) is 25.9 Å². The zero-order chi connectivity index (χ0) is 51.3. The van der Waals surface area contributed by atoms with Crippen LogP contribution < -0.4 is 0 Å². The van der Waals surface area contributed by atoms with E-state index < -0.39 is 57.8 Å². The highest BCUT2D eigenvalue weighted by molar-refractivity contribution is 7.47. The summed E-state index contributed by atoms with van der Waals surface area (Å²) in [5.74, 6) is -1.50. The molecular formula is C58H103O11P. The molecule has 0 rings (SSSR count). The van der Waals surface area contributed by atoms with Gasteiger partial charge in [0.15, 0.2) is 6.10 Å². The number of esters is 3. The van der Waals surface area contributed by atoms with Crippen LogP contribution in [0.4, 0.5) is 0 Å². The molecule has 0 aromatic rings. The second-order valence-electron chi connectivity index (χ2n) is 18.7. The molecule has 11 nitrogen and oxygen atoms in total. The van der Waals surface area contributed by atoms with Crippen LogP contribution in [0.25, 0.3) is 0 Å². The number of rotatable bonds is 52. The average Bonchev–Trinajstić information content (AvgIpc) is 3.35. The summed E-state index contributed by atoms with van der Waals surface area (Å²) >= 11 is 0. The van der Waals surface area contributed by atoms with Crippen molar-refractivity contribution in [2.75, 3.05) is 26.4 Å². The topological polar surface area (TPSA) is 155 Å². The molecular weight excluding hydrogens is 904 g/mol. The Hall–Kier alpha value is -2.82. The molecule has 0 bridgehead atoms. The molecule has 3 unspecified atom stereocenters. The fraction of sp³-hybridized carbons (Fsp3) is 0.776. The minimum Gasteiger partial charge on any atom is -0.462 e. The first-order valence-corrected chi connectivity index (χ1v) is 29.7. The Labute approximate surface area is 427 Å². The number of aliphatic hydroxyl groups excluding tert-OH is 1. The van der Waals surface area contributed by atoms with Gasteiger partial charge in [0, 0.05) is 19.3 Å². The van der Waals surface area contributed by atoms with Gasteiger partial charge < -0.3 is 24.2 Å². The number of phosphoric acid groups is 1. The summed E-state index contributed by atoms with van der Waals surface area (Å²) in [6.07, 6.45) is 56.1. The van der Waals surface area contributed by atoms with Crippen LogP contribution in [0.1, 0.15) is 252 Å². The molecule has 0 fully saturated rings. The second-order valence-corrected chi connectivity index (χ2v) is 20.2. The molecule has 70 heavy (non-hydrogen) atoms. The van der Waals surface area contributed by atoms with Crippen molar-refractivity contribution in [3.05, 3.63) is 60.8 Å². The van der Waals surface area contributed by atoms with E-state index in [0.717, 1.165) is 89.9 Å². The predicted octanol–water partition coefficient (Wildman–Crippen LogP) is 16.4. The molecule has 0 saturated heterocycles. The summed E-state index contributed by atoms with van der Waals surface area (Å²) in [5.41, 5.74) is 0. The monoisotopic (exact) mass is 1010 g/mol. The SMILES string of the molecule is CC/C=C\C/C=C\C/C=C\CCCCCC(=O)OCC(COP(=O)(O)OCC(CO)OC(=O)CCCCCCCCCCCCC)OC(=O)CCCCCCCCCCC/C=C\C/C=C\CCCCC. The third-order valence-electron chi connectivity index (χ3n) is 11.9. The standard InChI is InChI=1S/C58H103O11P/c1-4-7-10-13-16-19-22-24-25-26-27-28-29-31-34-37-40-43-46-49-58(62)69-55(51-65-56(60)47-44-41-38-35-33-30-23-20-17-14-11-8-5-2)53-67-70(63,64)66-52-54(50-59)68-57(61)48-45-42-39-36-32-21-18-15-12-9-6-3/h8,11,16-17,19-20,24-25,30,33,54-55,59H,4-7,9-10,12-15,18,21-23,26-29,31-32,34-53H2,1-3H3,(H,63,64)/b11-8-,19-16-,20-17-,25-24-,33-30-. The third kappa shape index (κ3) is 50.1. The normalized spacial score (nSPS) is 13.8. The van der Waals surface area contributed by atoms with Gasteiger partial charge in [0.1, 0.15) is 12.7 Å². The summed E-state index contributed by atoms with van der Waals surface area (Å²) in [5, 5.41) is 9.78. The number of allylic oxidation sites excluding steroid dienone is 10. The fourth-order valence-electron chi connectivity index (χ4n) is 7.64. The molecule has 0 heterocycles. The van der Waals surface area contributed by atoms with Gasteiger partial charge in [-0.05, 0) is 83.5 Å². The van der Waals surface area contributed by atoms with Gasteiger partial charge in [-0.3, -0.25) is 23.4 Å². The summed E-state index contributed by atoms with van der Waals surface area (Å²) in [6, 6.07) is 0. The van der Waals surface area contributed by atoms with Crippen molar-refractivity contribution in [3.63, 3.8) is 0 Å². The van der Waals surface area contributed by atoms with E-state index >= 15 is 0 Å². The maximum atomic E-state index is 12.9. The van der Waals surface area contributed by atoms with Gasteiger partial charge >= 0.3 is 25.7 Å². The Bertz CT molecular complexity index is 1410. The molecule has 0 saturated carbocycles. The third-order valence-corrected chi connectivity index (χ3v) is 12.9. The molecule has 406 valence electrons. The molecule has 0 aliphatic rings. The quantitative estimate of drug-likeness (QED) is 0.0197. The number of hydrogen-bond acceptors (Lipinski definition) is 10. The van der Waals surface area contributed by atoms with Gasteiger partial charge in [-0.25, -0.2) is 4.57 Å². The molecule has 0 aliphatic carbocycles. The average molecular weight is 1010 g/mol. The van der Waals surface area contributed by atoms with Gasteiger partial charge in [0.2, 0.25) is 0 Å². The summed E-state index contributed by atoms with van der Waals surface area (Å²) in [4.78, 5) is 48.4. The van der Waals surface area contributed by atoms with E-state index in [9.17, 15) is 28.9 Å². The van der Waals surface area contributed by atoms with Crippen LogP contribution in [0.15, 0.2) is 60.8 Å². The molecule has 0 spiro atoms. The van der Waals surface area contributed by atoms with Crippen molar-refractivity contribution in [2.45, 2.75) is 264 Å². The highest BCUT2D eigenvalue weighted by atomic mass is 31.2. The van der Waals surface area contributed by atoms with Crippen LogP contribution in [0.5, 0.6) is 0 Å².